The maximum absolute atomic E-state index is 11.9. The van der Waals surface area contributed by atoms with E-state index in [-0.39, 0.29) is 12.4 Å². The average molecular weight is 400 g/mol. The summed E-state index contributed by atoms with van der Waals surface area (Å²) in [5, 5.41) is 2.68. The molecule has 0 radical (unpaired) electrons. The summed E-state index contributed by atoms with van der Waals surface area (Å²) in [6.07, 6.45) is 0. The third-order valence-electron chi connectivity index (χ3n) is 3.09. The minimum atomic E-state index is -0.431. The van der Waals surface area contributed by atoms with E-state index in [1.54, 1.807) is 12.1 Å². The zero-order valence-electron chi connectivity index (χ0n) is 13.8. The van der Waals surface area contributed by atoms with Crippen LogP contribution in [0.15, 0.2) is 30.3 Å². The molecule has 8 heteroatoms. The lowest BCUT2D eigenvalue weighted by molar-refractivity contribution is -0.144. The molecule has 134 valence electrons. The Bertz CT molecular complexity index is 748. The molecule has 1 aromatic heterocycles. The number of ether oxygens (including phenoxy) is 2. The SMILES string of the molecule is COc1ccc(C)cc1NC(=O)COC(=O)CSCc1ccc(Cl)s1. The topological polar surface area (TPSA) is 64.6 Å². The Kier molecular flexibility index (Phi) is 7.61. The molecule has 0 saturated heterocycles. The van der Waals surface area contributed by atoms with E-state index in [1.165, 1.54) is 30.2 Å². The first-order chi connectivity index (χ1) is 12.0. The van der Waals surface area contributed by atoms with E-state index in [0.717, 1.165) is 14.8 Å². The minimum absolute atomic E-state index is 0.177. The van der Waals surface area contributed by atoms with Crippen LogP contribution in [0.5, 0.6) is 5.75 Å². The van der Waals surface area contributed by atoms with Crippen molar-refractivity contribution in [2.24, 2.45) is 0 Å². The van der Waals surface area contributed by atoms with Gasteiger partial charge in [0.1, 0.15) is 5.75 Å². The van der Waals surface area contributed by atoms with Gasteiger partial charge in [0.15, 0.2) is 6.61 Å². The second kappa shape index (κ2) is 9.70. The molecular formula is C17H18ClNO4S2. The quantitative estimate of drug-likeness (QED) is 0.676. The van der Waals surface area contributed by atoms with E-state index >= 15 is 0 Å². The van der Waals surface area contributed by atoms with Gasteiger partial charge in [0.25, 0.3) is 5.91 Å². The van der Waals surface area contributed by atoms with Crippen LogP contribution >= 0.6 is 34.7 Å². The Balaban J connectivity index is 1.72. The molecule has 0 aliphatic heterocycles. The van der Waals surface area contributed by atoms with Gasteiger partial charge in [-0.3, -0.25) is 9.59 Å². The van der Waals surface area contributed by atoms with Crippen LogP contribution in [0.25, 0.3) is 0 Å². The first-order valence-electron chi connectivity index (χ1n) is 7.40. The molecule has 1 heterocycles. The molecule has 0 atom stereocenters. The van der Waals surface area contributed by atoms with E-state index in [4.69, 9.17) is 21.1 Å². The number of aryl methyl sites for hydroxylation is 1. The summed E-state index contributed by atoms with van der Waals surface area (Å²) < 4.78 is 10.9. The van der Waals surface area contributed by atoms with Crippen LogP contribution in [0.1, 0.15) is 10.4 Å². The van der Waals surface area contributed by atoms with E-state index < -0.39 is 11.9 Å². The number of hydrogen-bond donors (Lipinski definition) is 1. The first-order valence-corrected chi connectivity index (χ1v) is 9.75. The van der Waals surface area contributed by atoms with Crippen LogP contribution in [0.4, 0.5) is 5.69 Å². The maximum atomic E-state index is 11.9. The molecule has 2 aromatic rings. The zero-order chi connectivity index (χ0) is 18.2. The van der Waals surface area contributed by atoms with Gasteiger partial charge in [-0.25, -0.2) is 0 Å². The number of hydrogen-bond acceptors (Lipinski definition) is 6. The van der Waals surface area contributed by atoms with Crippen LogP contribution in [0.2, 0.25) is 4.34 Å². The van der Waals surface area contributed by atoms with Gasteiger partial charge in [0.05, 0.1) is 22.9 Å². The lowest BCUT2D eigenvalue weighted by Crippen LogP contribution is -2.22. The molecule has 25 heavy (non-hydrogen) atoms. The zero-order valence-corrected chi connectivity index (χ0v) is 16.2. The fourth-order valence-corrected chi connectivity index (χ4v) is 3.98. The van der Waals surface area contributed by atoms with Gasteiger partial charge in [-0.1, -0.05) is 17.7 Å². The van der Waals surface area contributed by atoms with Gasteiger partial charge >= 0.3 is 5.97 Å². The number of nitrogens with one attached hydrogen (secondary N) is 1. The predicted octanol–water partition coefficient (Wildman–Crippen LogP) is 4.13. The van der Waals surface area contributed by atoms with Gasteiger partial charge in [-0.2, -0.15) is 0 Å². The summed E-state index contributed by atoms with van der Waals surface area (Å²) in [7, 11) is 1.53. The van der Waals surface area contributed by atoms with Crippen molar-refractivity contribution < 1.29 is 19.1 Å². The van der Waals surface area contributed by atoms with Crippen molar-refractivity contribution >= 4 is 52.3 Å². The molecule has 1 N–H and O–H groups in total. The van der Waals surface area contributed by atoms with Crippen molar-refractivity contribution in [2.45, 2.75) is 12.7 Å². The smallest absolute Gasteiger partial charge is 0.316 e. The summed E-state index contributed by atoms with van der Waals surface area (Å²) in [4.78, 5) is 24.7. The lowest BCUT2D eigenvalue weighted by atomic mass is 10.2. The highest BCUT2D eigenvalue weighted by Gasteiger charge is 2.11. The van der Waals surface area contributed by atoms with E-state index in [1.807, 2.05) is 25.1 Å². The summed E-state index contributed by atoms with van der Waals surface area (Å²) >= 11 is 8.75. The monoisotopic (exact) mass is 399 g/mol. The highest BCUT2D eigenvalue weighted by Crippen LogP contribution is 2.26. The Morgan fingerprint density at radius 1 is 1.28 bits per heavy atom. The van der Waals surface area contributed by atoms with Crippen LogP contribution in [0.3, 0.4) is 0 Å². The Morgan fingerprint density at radius 2 is 2.08 bits per heavy atom. The van der Waals surface area contributed by atoms with Crippen molar-refractivity contribution in [3.8, 4) is 5.75 Å². The van der Waals surface area contributed by atoms with Crippen molar-refractivity contribution in [2.75, 3.05) is 24.8 Å². The number of amides is 1. The third-order valence-corrected chi connectivity index (χ3v) is 5.46. The van der Waals surface area contributed by atoms with Crippen molar-refractivity contribution in [1.29, 1.82) is 0 Å². The fraction of sp³-hybridized carbons (Fsp3) is 0.294. The van der Waals surface area contributed by atoms with Crippen LogP contribution in [-0.4, -0.2) is 31.3 Å². The van der Waals surface area contributed by atoms with Gasteiger partial charge < -0.3 is 14.8 Å². The largest absolute Gasteiger partial charge is 0.495 e. The van der Waals surface area contributed by atoms with Gasteiger partial charge in [-0.05, 0) is 36.8 Å². The van der Waals surface area contributed by atoms with E-state index in [2.05, 4.69) is 5.32 Å². The number of carbonyl (C=O) groups excluding carboxylic acids is 2. The molecule has 0 unspecified atom stereocenters. The number of methoxy groups -OCH3 is 1. The predicted molar refractivity (Wildman–Crippen MR) is 103 cm³/mol. The van der Waals surface area contributed by atoms with Crippen molar-refractivity contribution in [1.82, 2.24) is 0 Å². The van der Waals surface area contributed by atoms with Crippen molar-refractivity contribution in [3.05, 3.63) is 45.1 Å². The van der Waals surface area contributed by atoms with Crippen LogP contribution < -0.4 is 10.1 Å². The molecule has 0 aliphatic carbocycles. The van der Waals surface area contributed by atoms with Gasteiger partial charge in [0.2, 0.25) is 0 Å². The molecule has 0 saturated carbocycles. The number of benzene rings is 1. The normalized spacial score (nSPS) is 10.4. The molecule has 0 bridgehead atoms. The number of esters is 1. The van der Waals surface area contributed by atoms with Crippen LogP contribution in [-0.2, 0) is 20.1 Å². The molecule has 0 aliphatic rings. The molecule has 0 spiro atoms. The summed E-state index contributed by atoms with van der Waals surface area (Å²) in [6.45, 7) is 1.58. The molecule has 1 amide bonds. The highest BCUT2D eigenvalue weighted by atomic mass is 35.5. The van der Waals surface area contributed by atoms with E-state index in [9.17, 15) is 9.59 Å². The maximum Gasteiger partial charge on any atom is 0.316 e. The number of carbonyl (C=O) groups is 2. The number of rotatable bonds is 8. The van der Waals surface area contributed by atoms with Crippen molar-refractivity contribution in [3.63, 3.8) is 0 Å². The minimum Gasteiger partial charge on any atom is -0.495 e. The Hall–Kier alpha value is -1.70. The number of halogens is 1. The molecular weight excluding hydrogens is 382 g/mol. The highest BCUT2D eigenvalue weighted by molar-refractivity contribution is 7.99. The Morgan fingerprint density at radius 3 is 2.76 bits per heavy atom. The molecule has 1 aromatic carbocycles. The molecule has 0 fully saturated rings. The standard InChI is InChI=1S/C17H18ClNO4S2/c1-11-3-5-14(22-2)13(7-11)19-16(20)8-23-17(21)10-24-9-12-4-6-15(18)25-12/h3-7H,8-10H2,1-2H3,(H,19,20). The number of thiophene rings is 1. The molecule has 2 rings (SSSR count). The Labute approximate surface area is 159 Å². The second-order valence-corrected chi connectivity index (χ2v) is 7.90. The third kappa shape index (κ3) is 6.61. The summed E-state index contributed by atoms with van der Waals surface area (Å²) in [5.74, 6) is 0.567. The van der Waals surface area contributed by atoms with E-state index in [0.29, 0.717) is 17.2 Å². The lowest BCUT2D eigenvalue weighted by Gasteiger charge is -2.11. The first kappa shape index (κ1) is 19.6. The summed E-state index contributed by atoms with van der Waals surface area (Å²) in [5.41, 5.74) is 1.53. The average Bonchev–Trinajstić information content (AvgIpc) is 2.98. The second-order valence-electron chi connectivity index (χ2n) is 5.11. The number of anilines is 1. The summed E-state index contributed by atoms with van der Waals surface area (Å²) in [6, 6.07) is 9.19. The van der Waals surface area contributed by atoms with Crippen LogP contribution in [0, 0.1) is 6.92 Å². The van der Waals surface area contributed by atoms with Gasteiger partial charge in [0, 0.05) is 10.6 Å². The fourth-order valence-electron chi connectivity index (χ4n) is 1.96. The molecule has 5 nitrogen and oxygen atoms in total. The van der Waals surface area contributed by atoms with Gasteiger partial charge in [-0.15, -0.1) is 23.1 Å². The number of thioether (sulfide) groups is 1.